The SMILES string of the molecule is [2H]C1([2H])[C@H](n2cnc3c(N)nc(F)nc32)O[C@](C#C)(C(=O)OC)[C@H]1O. The summed E-state index contributed by atoms with van der Waals surface area (Å²) in [5.41, 5.74) is 2.96. The number of nitrogen functional groups attached to an aromatic ring is 1. The molecule has 9 nitrogen and oxygen atoms in total. The van der Waals surface area contributed by atoms with Crippen LogP contribution in [0.2, 0.25) is 0 Å². The Bertz CT molecular complexity index is 914. The van der Waals surface area contributed by atoms with Crippen LogP contribution in [0.5, 0.6) is 0 Å². The largest absolute Gasteiger partial charge is 0.466 e. The lowest BCUT2D eigenvalue weighted by molar-refractivity contribution is -0.169. The molecular formula is C13H12FN5O4. The number of hydrogen-bond donors (Lipinski definition) is 2. The number of nitrogens with zero attached hydrogens (tertiary/aromatic N) is 4. The van der Waals surface area contributed by atoms with Gasteiger partial charge in [-0.05, 0) is 0 Å². The predicted octanol–water partition coefficient (Wildman–Crippen LogP) is -0.628. The third kappa shape index (κ3) is 2.09. The van der Waals surface area contributed by atoms with E-state index >= 15 is 0 Å². The summed E-state index contributed by atoms with van der Waals surface area (Å²) in [6.45, 7) is 0. The molecule has 3 rings (SSSR count). The summed E-state index contributed by atoms with van der Waals surface area (Å²) < 4.78 is 40.6. The lowest BCUT2D eigenvalue weighted by Gasteiger charge is -2.23. The number of rotatable bonds is 2. The van der Waals surface area contributed by atoms with Crippen LogP contribution in [-0.2, 0) is 14.3 Å². The van der Waals surface area contributed by atoms with Crippen molar-refractivity contribution < 1.29 is 26.5 Å². The van der Waals surface area contributed by atoms with Gasteiger partial charge in [0.05, 0.1) is 13.4 Å². The van der Waals surface area contributed by atoms with E-state index in [-0.39, 0.29) is 17.0 Å². The zero-order valence-electron chi connectivity index (χ0n) is 13.7. The molecule has 2 aromatic heterocycles. The van der Waals surface area contributed by atoms with Crippen LogP contribution >= 0.6 is 0 Å². The fourth-order valence-electron chi connectivity index (χ4n) is 2.23. The van der Waals surface area contributed by atoms with Crippen molar-refractivity contribution in [3.63, 3.8) is 0 Å². The topological polar surface area (TPSA) is 125 Å². The molecular weight excluding hydrogens is 309 g/mol. The van der Waals surface area contributed by atoms with Crippen LogP contribution in [0.15, 0.2) is 6.33 Å². The normalized spacial score (nSPS) is 30.5. The molecule has 1 fully saturated rings. The molecule has 0 unspecified atom stereocenters. The number of ether oxygens (including phenoxy) is 2. The number of esters is 1. The van der Waals surface area contributed by atoms with Crippen molar-refractivity contribution in [3.8, 4) is 12.3 Å². The lowest BCUT2D eigenvalue weighted by Crippen LogP contribution is -2.46. The number of hydrogen-bond acceptors (Lipinski definition) is 8. The molecule has 3 atom stereocenters. The minimum atomic E-state index is -2.57. The average Bonchev–Trinajstić information content (AvgIpc) is 3.06. The van der Waals surface area contributed by atoms with E-state index in [1.165, 1.54) is 0 Å². The van der Waals surface area contributed by atoms with Crippen LogP contribution in [-0.4, -0.2) is 49.4 Å². The van der Waals surface area contributed by atoms with Crippen molar-refractivity contribution in [1.29, 1.82) is 0 Å². The highest BCUT2D eigenvalue weighted by Gasteiger charge is 2.55. The van der Waals surface area contributed by atoms with Gasteiger partial charge in [-0.3, -0.25) is 4.57 Å². The number of aliphatic hydroxyl groups is 1. The Morgan fingerprint density at radius 3 is 3.17 bits per heavy atom. The molecule has 1 aliphatic rings. The molecule has 0 aromatic carbocycles. The van der Waals surface area contributed by atoms with E-state index in [4.69, 9.17) is 19.6 Å². The number of nitrogens with two attached hydrogens (primary N) is 1. The van der Waals surface area contributed by atoms with Gasteiger partial charge in [-0.25, -0.2) is 9.78 Å². The predicted molar refractivity (Wildman–Crippen MR) is 74.0 cm³/mol. The van der Waals surface area contributed by atoms with Crippen molar-refractivity contribution in [1.82, 2.24) is 19.5 Å². The molecule has 3 heterocycles. The fraction of sp³-hybridized carbons (Fsp3) is 0.385. The molecule has 0 radical (unpaired) electrons. The summed E-state index contributed by atoms with van der Waals surface area (Å²) >= 11 is 0. The Hall–Kier alpha value is -2.77. The Kier molecular flexibility index (Phi) is 2.85. The van der Waals surface area contributed by atoms with Gasteiger partial charge in [-0.1, -0.05) is 5.92 Å². The van der Waals surface area contributed by atoms with Gasteiger partial charge in [0.2, 0.25) is 0 Å². The summed E-state index contributed by atoms with van der Waals surface area (Å²) in [4.78, 5) is 22.7. The van der Waals surface area contributed by atoms with Gasteiger partial charge < -0.3 is 20.3 Å². The van der Waals surface area contributed by atoms with Crippen LogP contribution in [0.3, 0.4) is 0 Å². The second kappa shape index (κ2) is 5.15. The number of halogens is 1. The summed E-state index contributed by atoms with van der Waals surface area (Å²) in [6.07, 6.45) is -1.09. The number of carbonyl (C=O) groups is 1. The van der Waals surface area contributed by atoms with Gasteiger partial charge in [0.1, 0.15) is 12.3 Å². The number of imidazole rings is 1. The first kappa shape index (κ1) is 12.7. The van der Waals surface area contributed by atoms with Gasteiger partial charge in [-0.2, -0.15) is 14.4 Å². The standard InChI is InChI=1S/C13H12FN5O4/c1-3-13(11(21)22-2)6(20)4-7(23-13)19-5-16-8-9(15)17-12(14)18-10(8)19/h1,5-7,20H,4H2,2H3,(H2,15,17,18)/t6-,7+,13-/m0/s1/i4D2. The number of methoxy groups -OCH3 is 1. The molecule has 2 aromatic rings. The van der Waals surface area contributed by atoms with E-state index in [9.17, 15) is 14.3 Å². The van der Waals surface area contributed by atoms with E-state index in [2.05, 4.69) is 19.7 Å². The van der Waals surface area contributed by atoms with Crippen LogP contribution in [0.25, 0.3) is 11.2 Å². The quantitative estimate of drug-likeness (QED) is 0.425. The Balaban J connectivity index is 2.19. The maximum Gasteiger partial charge on any atom is 0.353 e. The minimum Gasteiger partial charge on any atom is -0.466 e. The first-order valence-corrected chi connectivity index (χ1v) is 6.26. The second-order valence-corrected chi connectivity index (χ2v) is 4.61. The van der Waals surface area contributed by atoms with Crippen LogP contribution in [0, 0.1) is 18.4 Å². The minimum absolute atomic E-state index is 0.00781. The number of anilines is 1. The van der Waals surface area contributed by atoms with Crippen LogP contribution < -0.4 is 5.73 Å². The third-order valence-electron chi connectivity index (χ3n) is 3.36. The zero-order valence-corrected chi connectivity index (χ0v) is 11.7. The highest BCUT2D eigenvalue weighted by Crippen LogP contribution is 2.38. The van der Waals surface area contributed by atoms with Gasteiger partial charge in [0, 0.05) is 9.11 Å². The molecule has 1 aliphatic heterocycles. The number of aliphatic hydroxyl groups excluding tert-OH is 1. The first-order chi connectivity index (χ1) is 11.7. The molecule has 23 heavy (non-hydrogen) atoms. The van der Waals surface area contributed by atoms with E-state index < -0.39 is 36.4 Å². The summed E-state index contributed by atoms with van der Waals surface area (Å²) in [6, 6.07) is 0. The molecule has 120 valence electrons. The van der Waals surface area contributed by atoms with E-state index in [0.29, 0.717) is 0 Å². The van der Waals surface area contributed by atoms with Crippen LogP contribution in [0.1, 0.15) is 15.3 Å². The molecule has 3 N–H and O–H groups in total. The maximum absolute atomic E-state index is 13.5. The lowest BCUT2D eigenvalue weighted by atomic mass is 9.98. The average molecular weight is 323 g/mol. The molecule has 0 amide bonds. The summed E-state index contributed by atoms with van der Waals surface area (Å²) in [5.74, 6) is 0.523. The third-order valence-corrected chi connectivity index (χ3v) is 3.36. The van der Waals surface area contributed by atoms with Gasteiger partial charge >= 0.3 is 12.0 Å². The smallest absolute Gasteiger partial charge is 0.353 e. The van der Waals surface area contributed by atoms with Gasteiger partial charge in [-0.15, -0.1) is 6.42 Å². The molecule has 0 aliphatic carbocycles. The fourth-order valence-corrected chi connectivity index (χ4v) is 2.23. The Morgan fingerprint density at radius 1 is 1.78 bits per heavy atom. The molecule has 0 spiro atoms. The summed E-state index contributed by atoms with van der Waals surface area (Å²) in [7, 11) is 1.01. The van der Waals surface area contributed by atoms with Crippen LogP contribution in [0.4, 0.5) is 10.2 Å². The van der Waals surface area contributed by atoms with E-state index in [1.54, 1.807) is 0 Å². The first-order valence-electron chi connectivity index (χ1n) is 7.26. The van der Waals surface area contributed by atoms with Crippen molar-refractivity contribution in [2.75, 3.05) is 12.8 Å². The highest BCUT2D eigenvalue weighted by atomic mass is 19.1. The highest BCUT2D eigenvalue weighted by molar-refractivity contribution is 5.85. The second-order valence-electron chi connectivity index (χ2n) is 4.61. The number of aromatic nitrogens is 4. The number of carbonyl (C=O) groups excluding carboxylic acids is 1. The van der Waals surface area contributed by atoms with Crippen molar-refractivity contribution in [2.45, 2.75) is 24.3 Å². The van der Waals surface area contributed by atoms with Gasteiger partial charge in [0.25, 0.3) is 5.60 Å². The Morgan fingerprint density at radius 2 is 2.52 bits per heavy atom. The number of fused-ring (bicyclic) bond motifs is 1. The van der Waals surface area contributed by atoms with Crippen molar-refractivity contribution >= 4 is 23.0 Å². The Labute approximate surface area is 132 Å². The maximum atomic E-state index is 13.5. The molecule has 0 bridgehead atoms. The van der Waals surface area contributed by atoms with E-state index in [1.807, 2.05) is 5.92 Å². The zero-order chi connectivity index (χ0) is 18.6. The van der Waals surface area contributed by atoms with Gasteiger partial charge in [0.15, 0.2) is 17.0 Å². The number of terminal acetylenes is 1. The molecule has 0 saturated carbocycles. The van der Waals surface area contributed by atoms with Crippen molar-refractivity contribution in [3.05, 3.63) is 12.4 Å². The monoisotopic (exact) mass is 323 g/mol. The molecule has 1 saturated heterocycles. The van der Waals surface area contributed by atoms with E-state index in [0.717, 1.165) is 18.0 Å². The van der Waals surface area contributed by atoms with Crippen molar-refractivity contribution in [2.24, 2.45) is 0 Å². The summed E-state index contributed by atoms with van der Waals surface area (Å²) in [5, 5.41) is 10.3. The molecule has 10 heteroatoms.